The summed E-state index contributed by atoms with van der Waals surface area (Å²) in [6.45, 7) is 4.80. The third-order valence-electron chi connectivity index (χ3n) is 2.50. The molecule has 0 unspecified atom stereocenters. The standard InChI is InChI=1S/C12H16O2.CH5N/c1-3-10(4-2)11-6-5-7-12(8-11)14-9-13;1-2/h5-10H,3-4H2,1-2H3;2H2,1H3. The van der Waals surface area contributed by atoms with E-state index < -0.39 is 0 Å². The molecule has 3 nitrogen and oxygen atoms in total. The molecule has 1 rings (SSSR count). The van der Waals surface area contributed by atoms with Crippen molar-refractivity contribution in [3.8, 4) is 5.75 Å². The Kier molecular flexibility index (Phi) is 8.17. The van der Waals surface area contributed by atoms with Gasteiger partial charge in [0.25, 0.3) is 6.47 Å². The highest BCUT2D eigenvalue weighted by atomic mass is 16.5. The number of hydrogen-bond donors (Lipinski definition) is 1. The molecule has 0 bridgehead atoms. The highest BCUT2D eigenvalue weighted by Crippen LogP contribution is 2.25. The Bertz CT molecular complexity index is 296. The maximum atomic E-state index is 10.2. The van der Waals surface area contributed by atoms with Crippen LogP contribution in [0, 0.1) is 0 Å². The number of rotatable bonds is 5. The molecule has 0 fully saturated rings. The summed E-state index contributed by atoms with van der Waals surface area (Å²) >= 11 is 0. The number of carbonyl (C=O) groups excluding carboxylic acids is 1. The highest BCUT2D eigenvalue weighted by Gasteiger charge is 2.07. The normalized spacial score (nSPS) is 9.31. The number of ether oxygens (including phenoxy) is 1. The molecule has 0 heterocycles. The van der Waals surface area contributed by atoms with Gasteiger partial charge in [-0.2, -0.15) is 0 Å². The van der Waals surface area contributed by atoms with E-state index in [1.807, 2.05) is 12.1 Å². The molecule has 0 amide bonds. The van der Waals surface area contributed by atoms with Crippen LogP contribution in [-0.4, -0.2) is 13.5 Å². The molecule has 2 N–H and O–H groups in total. The SMILES string of the molecule is CCC(CC)c1cccc(OC=O)c1.CN. The molecular formula is C13H21NO2. The van der Waals surface area contributed by atoms with Gasteiger partial charge in [0.2, 0.25) is 0 Å². The van der Waals surface area contributed by atoms with Gasteiger partial charge in [-0.05, 0) is 43.5 Å². The molecule has 1 aromatic carbocycles. The molecule has 0 spiro atoms. The van der Waals surface area contributed by atoms with E-state index in [0.29, 0.717) is 18.1 Å². The second-order valence-corrected chi connectivity index (χ2v) is 3.30. The van der Waals surface area contributed by atoms with Crippen LogP contribution in [0.3, 0.4) is 0 Å². The topological polar surface area (TPSA) is 52.3 Å². The van der Waals surface area contributed by atoms with Crippen LogP contribution in [0.2, 0.25) is 0 Å². The largest absolute Gasteiger partial charge is 0.429 e. The molecule has 0 aromatic heterocycles. The van der Waals surface area contributed by atoms with Crippen LogP contribution in [0.1, 0.15) is 38.2 Å². The lowest BCUT2D eigenvalue weighted by molar-refractivity contribution is -0.120. The van der Waals surface area contributed by atoms with Crippen molar-refractivity contribution in [2.75, 3.05) is 7.05 Å². The molecule has 1 aromatic rings. The molecule has 90 valence electrons. The quantitative estimate of drug-likeness (QED) is 0.781. The maximum absolute atomic E-state index is 10.2. The number of carbonyl (C=O) groups is 1. The fraction of sp³-hybridized carbons (Fsp3) is 0.462. The summed E-state index contributed by atoms with van der Waals surface area (Å²) in [7, 11) is 1.50. The van der Waals surface area contributed by atoms with E-state index in [0.717, 1.165) is 12.8 Å². The van der Waals surface area contributed by atoms with Crippen molar-refractivity contribution in [1.29, 1.82) is 0 Å². The van der Waals surface area contributed by atoms with Crippen molar-refractivity contribution in [3.63, 3.8) is 0 Å². The van der Waals surface area contributed by atoms with Gasteiger partial charge in [0, 0.05) is 0 Å². The van der Waals surface area contributed by atoms with Crippen molar-refractivity contribution in [1.82, 2.24) is 0 Å². The van der Waals surface area contributed by atoms with Gasteiger partial charge in [-0.15, -0.1) is 0 Å². The van der Waals surface area contributed by atoms with Gasteiger partial charge in [-0.3, -0.25) is 4.79 Å². The molecule has 0 aliphatic rings. The number of hydrogen-bond acceptors (Lipinski definition) is 3. The smallest absolute Gasteiger partial charge is 0.298 e. The van der Waals surface area contributed by atoms with Crippen molar-refractivity contribution < 1.29 is 9.53 Å². The Morgan fingerprint density at radius 3 is 2.44 bits per heavy atom. The summed E-state index contributed by atoms with van der Waals surface area (Å²) in [6, 6.07) is 7.73. The first-order valence-electron chi connectivity index (χ1n) is 5.59. The fourth-order valence-electron chi connectivity index (χ4n) is 1.66. The Balaban J connectivity index is 0.00000106. The Labute approximate surface area is 97.6 Å². The molecule has 3 heteroatoms. The summed E-state index contributed by atoms with van der Waals surface area (Å²) in [5.41, 5.74) is 5.74. The van der Waals surface area contributed by atoms with Crippen molar-refractivity contribution in [3.05, 3.63) is 29.8 Å². The third-order valence-corrected chi connectivity index (χ3v) is 2.50. The lowest BCUT2D eigenvalue weighted by Gasteiger charge is -2.12. The molecule has 0 saturated heterocycles. The molecular weight excluding hydrogens is 202 g/mol. The van der Waals surface area contributed by atoms with Crippen molar-refractivity contribution in [2.24, 2.45) is 5.73 Å². The third kappa shape index (κ3) is 4.45. The predicted octanol–water partition coefficient (Wildman–Crippen LogP) is 2.70. The van der Waals surface area contributed by atoms with Crippen LogP contribution >= 0.6 is 0 Å². The monoisotopic (exact) mass is 223 g/mol. The average Bonchev–Trinajstić information content (AvgIpc) is 2.34. The average molecular weight is 223 g/mol. The summed E-state index contributed by atoms with van der Waals surface area (Å²) in [6.07, 6.45) is 2.22. The predicted molar refractivity (Wildman–Crippen MR) is 66.6 cm³/mol. The Morgan fingerprint density at radius 2 is 1.94 bits per heavy atom. The minimum Gasteiger partial charge on any atom is -0.429 e. The molecule has 0 aliphatic heterocycles. The molecule has 0 radical (unpaired) electrons. The zero-order valence-electron chi connectivity index (χ0n) is 10.3. The van der Waals surface area contributed by atoms with E-state index >= 15 is 0 Å². The number of benzene rings is 1. The van der Waals surface area contributed by atoms with Gasteiger partial charge < -0.3 is 10.5 Å². The molecule has 16 heavy (non-hydrogen) atoms. The minimum atomic E-state index is 0.464. The zero-order chi connectivity index (χ0) is 12.4. The lowest BCUT2D eigenvalue weighted by atomic mass is 9.94. The second kappa shape index (κ2) is 8.92. The highest BCUT2D eigenvalue weighted by molar-refractivity contribution is 5.46. The van der Waals surface area contributed by atoms with Crippen LogP contribution in [0.4, 0.5) is 0 Å². The summed E-state index contributed by atoms with van der Waals surface area (Å²) in [5.74, 6) is 1.19. The van der Waals surface area contributed by atoms with E-state index in [1.54, 1.807) is 6.07 Å². The van der Waals surface area contributed by atoms with Crippen LogP contribution in [0.25, 0.3) is 0 Å². The maximum Gasteiger partial charge on any atom is 0.298 e. The Hall–Kier alpha value is -1.35. The first kappa shape index (κ1) is 14.6. The van der Waals surface area contributed by atoms with E-state index in [2.05, 4.69) is 25.6 Å². The van der Waals surface area contributed by atoms with Gasteiger partial charge in [0.05, 0.1) is 0 Å². The first-order chi connectivity index (χ1) is 7.81. The van der Waals surface area contributed by atoms with Crippen LogP contribution < -0.4 is 10.5 Å². The van der Waals surface area contributed by atoms with Gasteiger partial charge in [0.15, 0.2) is 0 Å². The van der Waals surface area contributed by atoms with Crippen molar-refractivity contribution >= 4 is 6.47 Å². The van der Waals surface area contributed by atoms with E-state index in [9.17, 15) is 4.79 Å². The van der Waals surface area contributed by atoms with Gasteiger partial charge in [-0.1, -0.05) is 26.0 Å². The summed E-state index contributed by atoms with van der Waals surface area (Å²) in [4.78, 5) is 10.2. The van der Waals surface area contributed by atoms with E-state index in [4.69, 9.17) is 4.74 Å². The second-order valence-electron chi connectivity index (χ2n) is 3.30. The van der Waals surface area contributed by atoms with Gasteiger partial charge >= 0.3 is 0 Å². The number of nitrogens with two attached hydrogens (primary N) is 1. The minimum absolute atomic E-state index is 0.464. The van der Waals surface area contributed by atoms with E-state index in [-0.39, 0.29) is 0 Å². The molecule has 0 aliphatic carbocycles. The summed E-state index contributed by atoms with van der Waals surface area (Å²) < 4.78 is 4.81. The molecule has 0 atom stereocenters. The van der Waals surface area contributed by atoms with Gasteiger partial charge in [0.1, 0.15) is 5.75 Å². The first-order valence-corrected chi connectivity index (χ1v) is 5.59. The van der Waals surface area contributed by atoms with E-state index in [1.165, 1.54) is 12.6 Å². The fourth-order valence-corrected chi connectivity index (χ4v) is 1.66. The van der Waals surface area contributed by atoms with Gasteiger partial charge in [-0.25, -0.2) is 0 Å². The lowest BCUT2D eigenvalue weighted by Crippen LogP contribution is -1.96. The Morgan fingerprint density at radius 1 is 1.31 bits per heavy atom. The van der Waals surface area contributed by atoms with Crippen molar-refractivity contribution in [2.45, 2.75) is 32.6 Å². The zero-order valence-corrected chi connectivity index (χ0v) is 10.3. The van der Waals surface area contributed by atoms with Crippen LogP contribution in [0.5, 0.6) is 5.75 Å². The summed E-state index contributed by atoms with van der Waals surface area (Å²) in [5, 5.41) is 0. The van der Waals surface area contributed by atoms with Crippen LogP contribution in [-0.2, 0) is 4.79 Å². The molecule has 0 saturated carbocycles. The van der Waals surface area contributed by atoms with Crippen LogP contribution in [0.15, 0.2) is 24.3 Å².